The average molecular weight is 183 g/mol. The molecule has 0 spiro atoms. The van der Waals surface area contributed by atoms with Crippen molar-refractivity contribution in [3.63, 3.8) is 0 Å². The molecule has 1 aliphatic heterocycles. The van der Waals surface area contributed by atoms with Crippen LogP contribution in [0.25, 0.3) is 0 Å². The molecule has 1 atom stereocenters. The molecule has 4 heteroatoms. The highest BCUT2D eigenvalue weighted by Gasteiger charge is 2.19. The number of rotatable bonds is 3. The Morgan fingerprint density at radius 3 is 3.31 bits per heavy atom. The molecule has 1 aromatic heterocycles. The van der Waals surface area contributed by atoms with E-state index in [-0.39, 0.29) is 6.67 Å². The molecule has 13 heavy (non-hydrogen) atoms. The Balaban J connectivity index is 2.13. The lowest BCUT2D eigenvalue weighted by Gasteiger charge is -2.10. The lowest BCUT2D eigenvalue weighted by Crippen LogP contribution is -2.13. The minimum Gasteiger partial charge on any atom is -0.316 e. The number of hydrogen-bond donors (Lipinski definition) is 1. The van der Waals surface area contributed by atoms with Gasteiger partial charge in [-0.1, -0.05) is 0 Å². The van der Waals surface area contributed by atoms with Crippen LogP contribution in [0.2, 0.25) is 0 Å². The van der Waals surface area contributed by atoms with Crippen LogP contribution in [0, 0.1) is 0 Å². The summed E-state index contributed by atoms with van der Waals surface area (Å²) in [6.45, 7) is 2.11. The SMILES string of the molecule is FCCn1nccc1C1CCNC1. The largest absolute Gasteiger partial charge is 0.316 e. The number of alkyl halides is 1. The summed E-state index contributed by atoms with van der Waals surface area (Å²) in [5, 5.41) is 7.39. The summed E-state index contributed by atoms with van der Waals surface area (Å²) in [5.74, 6) is 0.522. The van der Waals surface area contributed by atoms with E-state index in [0.29, 0.717) is 12.5 Å². The van der Waals surface area contributed by atoms with Gasteiger partial charge in [0.2, 0.25) is 0 Å². The van der Waals surface area contributed by atoms with Gasteiger partial charge in [-0.05, 0) is 19.0 Å². The van der Waals surface area contributed by atoms with Gasteiger partial charge < -0.3 is 5.32 Å². The van der Waals surface area contributed by atoms with Gasteiger partial charge in [0.05, 0.1) is 6.54 Å². The van der Waals surface area contributed by atoms with Gasteiger partial charge >= 0.3 is 0 Å². The van der Waals surface area contributed by atoms with Crippen LogP contribution in [0.1, 0.15) is 18.0 Å². The summed E-state index contributed by atoms with van der Waals surface area (Å²) in [6, 6.07) is 1.99. The second-order valence-electron chi connectivity index (χ2n) is 3.36. The van der Waals surface area contributed by atoms with Crippen LogP contribution in [-0.2, 0) is 6.54 Å². The van der Waals surface area contributed by atoms with Crippen molar-refractivity contribution in [2.24, 2.45) is 0 Å². The fraction of sp³-hybridized carbons (Fsp3) is 0.667. The molecule has 2 heterocycles. The van der Waals surface area contributed by atoms with Gasteiger partial charge in [0.15, 0.2) is 0 Å². The van der Waals surface area contributed by atoms with Crippen LogP contribution in [0.15, 0.2) is 12.3 Å². The van der Waals surface area contributed by atoms with E-state index >= 15 is 0 Å². The molecule has 1 aliphatic rings. The van der Waals surface area contributed by atoms with Crippen LogP contribution in [0.3, 0.4) is 0 Å². The van der Waals surface area contributed by atoms with E-state index in [9.17, 15) is 4.39 Å². The van der Waals surface area contributed by atoms with E-state index in [2.05, 4.69) is 10.4 Å². The molecule has 72 valence electrons. The second kappa shape index (κ2) is 3.87. The number of hydrogen-bond acceptors (Lipinski definition) is 2. The topological polar surface area (TPSA) is 29.9 Å². The number of halogens is 1. The van der Waals surface area contributed by atoms with Gasteiger partial charge in [-0.2, -0.15) is 5.10 Å². The zero-order chi connectivity index (χ0) is 9.10. The Labute approximate surface area is 76.9 Å². The van der Waals surface area contributed by atoms with Crippen molar-refractivity contribution >= 4 is 0 Å². The molecule has 1 fully saturated rings. The first-order valence-electron chi connectivity index (χ1n) is 4.70. The maximum Gasteiger partial charge on any atom is 0.109 e. The Kier molecular flexibility index (Phi) is 2.59. The highest BCUT2D eigenvalue weighted by atomic mass is 19.1. The van der Waals surface area contributed by atoms with E-state index in [1.54, 1.807) is 10.9 Å². The molecule has 0 saturated carbocycles. The van der Waals surface area contributed by atoms with Crippen molar-refractivity contribution in [3.05, 3.63) is 18.0 Å². The van der Waals surface area contributed by atoms with Crippen LogP contribution < -0.4 is 5.32 Å². The van der Waals surface area contributed by atoms with Crippen LogP contribution in [-0.4, -0.2) is 29.5 Å². The Morgan fingerprint density at radius 2 is 2.62 bits per heavy atom. The molecule has 1 N–H and O–H groups in total. The molecule has 0 bridgehead atoms. The summed E-state index contributed by atoms with van der Waals surface area (Å²) in [4.78, 5) is 0. The number of aryl methyl sites for hydroxylation is 1. The molecular formula is C9H14FN3. The van der Waals surface area contributed by atoms with Gasteiger partial charge in [0, 0.05) is 24.4 Å². The molecule has 0 aliphatic carbocycles. The Morgan fingerprint density at radius 1 is 1.69 bits per heavy atom. The molecule has 2 rings (SSSR count). The first kappa shape index (κ1) is 8.69. The summed E-state index contributed by atoms with van der Waals surface area (Å²) >= 11 is 0. The summed E-state index contributed by atoms with van der Waals surface area (Å²) in [6.07, 6.45) is 2.89. The normalized spacial score (nSPS) is 22.4. The zero-order valence-electron chi connectivity index (χ0n) is 7.54. The van der Waals surface area contributed by atoms with Gasteiger partial charge in [-0.15, -0.1) is 0 Å². The fourth-order valence-electron chi connectivity index (χ4n) is 1.86. The quantitative estimate of drug-likeness (QED) is 0.755. The van der Waals surface area contributed by atoms with E-state index in [4.69, 9.17) is 0 Å². The molecule has 0 amide bonds. The highest BCUT2D eigenvalue weighted by Crippen LogP contribution is 2.21. The van der Waals surface area contributed by atoms with E-state index in [1.165, 1.54) is 5.69 Å². The first-order valence-corrected chi connectivity index (χ1v) is 4.70. The third kappa shape index (κ3) is 1.72. The minimum absolute atomic E-state index is 0.338. The van der Waals surface area contributed by atoms with Crippen LogP contribution in [0.5, 0.6) is 0 Å². The lowest BCUT2D eigenvalue weighted by molar-refractivity contribution is 0.415. The van der Waals surface area contributed by atoms with Gasteiger partial charge in [-0.3, -0.25) is 4.68 Å². The van der Waals surface area contributed by atoms with Crippen molar-refractivity contribution < 1.29 is 4.39 Å². The summed E-state index contributed by atoms with van der Waals surface area (Å²) in [7, 11) is 0. The molecular weight excluding hydrogens is 169 g/mol. The molecule has 1 aromatic rings. The van der Waals surface area contributed by atoms with Gasteiger partial charge in [0.25, 0.3) is 0 Å². The molecule has 0 radical (unpaired) electrons. The Bertz CT molecular complexity index is 266. The van der Waals surface area contributed by atoms with E-state index < -0.39 is 0 Å². The van der Waals surface area contributed by atoms with Gasteiger partial charge in [0.1, 0.15) is 6.67 Å². The highest BCUT2D eigenvalue weighted by molar-refractivity contribution is 5.10. The smallest absolute Gasteiger partial charge is 0.109 e. The molecule has 0 aromatic carbocycles. The van der Waals surface area contributed by atoms with Crippen molar-refractivity contribution in [1.29, 1.82) is 0 Å². The number of nitrogens with zero attached hydrogens (tertiary/aromatic N) is 2. The van der Waals surface area contributed by atoms with Crippen molar-refractivity contribution in [2.45, 2.75) is 18.9 Å². The van der Waals surface area contributed by atoms with Crippen molar-refractivity contribution in [3.8, 4) is 0 Å². The number of nitrogens with one attached hydrogen (secondary N) is 1. The predicted octanol–water partition coefficient (Wildman–Crippen LogP) is 0.929. The third-order valence-electron chi connectivity index (χ3n) is 2.52. The Hall–Kier alpha value is -0.900. The fourth-order valence-corrected chi connectivity index (χ4v) is 1.86. The monoisotopic (exact) mass is 183 g/mol. The molecule has 1 saturated heterocycles. The first-order chi connectivity index (χ1) is 6.42. The predicted molar refractivity (Wildman–Crippen MR) is 48.4 cm³/mol. The summed E-state index contributed by atoms with van der Waals surface area (Å²) < 4.78 is 13.9. The van der Waals surface area contributed by atoms with Crippen LogP contribution >= 0.6 is 0 Å². The zero-order valence-corrected chi connectivity index (χ0v) is 7.54. The van der Waals surface area contributed by atoms with Crippen molar-refractivity contribution in [1.82, 2.24) is 15.1 Å². The summed E-state index contributed by atoms with van der Waals surface area (Å²) in [5.41, 5.74) is 1.17. The number of aromatic nitrogens is 2. The van der Waals surface area contributed by atoms with E-state index in [0.717, 1.165) is 19.5 Å². The average Bonchev–Trinajstić information content (AvgIpc) is 2.71. The maximum atomic E-state index is 12.1. The van der Waals surface area contributed by atoms with Crippen molar-refractivity contribution in [2.75, 3.05) is 19.8 Å². The molecule has 1 unspecified atom stereocenters. The molecule has 3 nitrogen and oxygen atoms in total. The van der Waals surface area contributed by atoms with E-state index in [1.807, 2.05) is 6.07 Å². The lowest BCUT2D eigenvalue weighted by atomic mass is 10.1. The van der Waals surface area contributed by atoms with Crippen LogP contribution in [0.4, 0.5) is 4.39 Å². The second-order valence-corrected chi connectivity index (χ2v) is 3.36. The standard InChI is InChI=1S/C9H14FN3/c10-3-6-13-9(2-5-12-13)8-1-4-11-7-8/h2,5,8,11H,1,3-4,6-7H2. The third-order valence-corrected chi connectivity index (χ3v) is 2.52. The van der Waals surface area contributed by atoms with Gasteiger partial charge in [-0.25, -0.2) is 4.39 Å². The maximum absolute atomic E-state index is 12.1. The minimum atomic E-state index is -0.338.